The zero-order valence-electron chi connectivity index (χ0n) is 17.2. The zero-order valence-corrected chi connectivity index (χ0v) is 19.6. The highest BCUT2D eigenvalue weighted by Crippen LogP contribution is 2.36. The van der Waals surface area contributed by atoms with Gasteiger partial charge in [0.2, 0.25) is 0 Å². The maximum atomic E-state index is 12.7. The second-order valence-electron chi connectivity index (χ2n) is 7.60. The van der Waals surface area contributed by atoms with Crippen molar-refractivity contribution in [3.8, 4) is 0 Å². The van der Waals surface area contributed by atoms with Crippen LogP contribution in [0.5, 0.6) is 0 Å². The van der Waals surface area contributed by atoms with Crippen molar-refractivity contribution in [3.63, 3.8) is 0 Å². The Morgan fingerprint density at radius 1 is 1.16 bits per heavy atom. The molecule has 164 valence electrons. The van der Waals surface area contributed by atoms with Gasteiger partial charge in [-0.1, -0.05) is 30.9 Å². The molecular formula is C22H25Cl2N5OS. The number of hydrogen-bond donors (Lipinski definition) is 2. The number of anilines is 2. The predicted molar refractivity (Wildman–Crippen MR) is 128 cm³/mol. The highest BCUT2D eigenvalue weighted by atomic mass is 35.5. The molecule has 0 aliphatic heterocycles. The van der Waals surface area contributed by atoms with E-state index in [4.69, 9.17) is 11.6 Å². The summed E-state index contributed by atoms with van der Waals surface area (Å²) < 4.78 is 0. The Hall–Kier alpha value is -2.22. The van der Waals surface area contributed by atoms with Crippen LogP contribution in [0, 0.1) is 12.8 Å². The van der Waals surface area contributed by atoms with Gasteiger partial charge in [0.05, 0.1) is 22.9 Å². The van der Waals surface area contributed by atoms with Crippen LogP contribution < -0.4 is 10.6 Å². The predicted octanol–water partition coefficient (Wildman–Crippen LogP) is 6.11. The van der Waals surface area contributed by atoms with Gasteiger partial charge in [0.25, 0.3) is 5.91 Å². The van der Waals surface area contributed by atoms with Crippen molar-refractivity contribution in [2.75, 3.05) is 5.32 Å². The molecule has 0 aromatic carbocycles. The molecule has 9 heteroatoms. The Morgan fingerprint density at radius 2 is 1.97 bits per heavy atom. The number of carbonyl (C=O) groups is 1. The lowest BCUT2D eigenvalue weighted by atomic mass is 9.81. The number of aryl methyl sites for hydroxylation is 1. The van der Waals surface area contributed by atoms with E-state index < -0.39 is 0 Å². The minimum absolute atomic E-state index is 0. The molecule has 4 rings (SSSR count). The molecule has 0 radical (unpaired) electrons. The third kappa shape index (κ3) is 5.93. The maximum Gasteiger partial charge on any atom is 0.280 e. The second-order valence-corrected chi connectivity index (χ2v) is 8.90. The second kappa shape index (κ2) is 10.9. The van der Waals surface area contributed by atoms with Crippen LogP contribution in [0.3, 0.4) is 0 Å². The molecule has 6 nitrogen and oxygen atoms in total. The van der Waals surface area contributed by atoms with Gasteiger partial charge in [-0.25, -0.2) is 9.97 Å². The minimum atomic E-state index is -0.148. The number of pyridine rings is 2. The van der Waals surface area contributed by atoms with E-state index in [0.29, 0.717) is 21.8 Å². The Bertz CT molecular complexity index is 992. The lowest BCUT2D eigenvalue weighted by Crippen LogP contribution is -2.34. The smallest absolute Gasteiger partial charge is 0.280 e. The first-order valence-electron chi connectivity index (χ1n) is 10.2. The van der Waals surface area contributed by atoms with E-state index in [0.717, 1.165) is 29.8 Å². The van der Waals surface area contributed by atoms with E-state index in [1.165, 1.54) is 30.6 Å². The standard InChI is InChI=1S/C22H24ClN5OS.ClH/c1-14-7-8-17(13-25-14)27-20-18(23)11-16(12-26-20)19(15-5-3-2-4-6-15)28-21(29)22-24-9-10-30-22;/h7-13,15,19H,2-6H2,1H3,(H,26,27)(H,28,29);1H/t19-;/m1./s1. The van der Waals surface area contributed by atoms with E-state index >= 15 is 0 Å². The summed E-state index contributed by atoms with van der Waals surface area (Å²) in [5, 5.41) is 9.19. The number of carbonyl (C=O) groups excluding carboxylic acids is 1. The molecule has 0 unspecified atom stereocenters. The molecule has 3 aromatic heterocycles. The summed E-state index contributed by atoms with van der Waals surface area (Å²) in [5.41, 5.74) is 2.69. The molecule has 1 aliphatic rings. The first kappa shape index (κ1) is 23.4. The van der Waals surface area contributed by atoms with E-state index in [1.807, 2.05) is 30.5 Å². The summed E-state index contributed by atoms with van der Waals surface area (Å²) >= 11 is 7.90. The Labute approximate surface area is 197 Å². The maximum absolute atomic E-state index is 12.7. The van der Waals surface area contributed by atoms with Crippen molar-refractivity contribution in [2.24, 2.45) is 5.92 Å². The van der Waals surface area contributed by atoms with Crippen LogP contribution in [0.15, 0.2) is 42.2 Å². The highest BCUT2D eigenvalue weighted by Gasteiger charge is 2.28. The van der Waals surface area contributed by atoms with Crippen molar-refractivity contribution >= 4 is 52.8 Å². The van der Waals surface area contributed by atoms with Crippen LogP contribution in [0.1, 0.15) is 59.2 Å². The number of nitrogens with zero attached hydrogens (tertiary/aromatic N) is 3. The Kier molecular flexibility index (Phi) is 8.23. The Balaban J connectivity index is 0.00000272. The highest BCUT2D eigenvalue weighted by molar-refractivity contribution is 7.11. The molecule has 1 saturated carbocycles. The lowest BCUT2D eigenvalue weighted by Gasteiger charge is -2.31. The topological polar surface area (TPSA) is 79.8 Å². The fourth-order valence-corrected chi connectivity index (χ4v) is 4.63. The van der Waals surface area contributed by atoms with Crippen molar-refractivity contribution < 1.29 is 4.79 Å². The minimum Gasteiger partial charge on any atom is -0.343 e. The van der Waals surface area contributed by atoms with Crippen LogP contribution in [0.2, 0.25) is 5.02 Å². The molecule has 0 saturated heterocycles. The summed E-state index contributed by atoms with van der Waals surface area (Å²) in [6.45, 7) is 1.94. The molecule has 2 N–H and O–H groups in total. The van der Waals surface area contributed by atoms with E-state index in [1.54, 1.807) is 18.6 Å². The number of nitrogens with one attached hydrogen (secondary N) is 2. The van der Waals surface area contributed by atoms with Crippen LogP contribution >= 0.6 is 35.3 Å². The van der Waals surface area contributed by atoms with E-state index in [2.05, 4.69) is 25.6 Å². The van der Waals surface area contributed by atoms with Gasteiger partial charge >= 0.3 is 0 Å². The molecule has 31 heavy (non-hydrogen) atoms. The average molecular weight is 478 g/mol. The summed E-state index contributed by atoms with van der Waals surface area (Å²) in [6.07, 6.45) is 11.0. The van der Waals surface area contributed by atoms with Gasteiger partial charge < -0.3 is 10.6 Å². The first-order valence-corrected chi connectivity index (χ1v) is 11.4. The van der Waals surface area contributed by atoms with E-state index in [9.17, 15) is 4.79 Å². The SMILES string of the molecule is Cc1ccc(Nc2ncc([C@H](NC(=O)c3nccs3)C3CCCCC3)cc2Cl)cn1.Cl. The fourth-order valence-electron chi connectivity index (χ4n) is 3.87. The molecule has 1 aliphatic carbocycles. The summed E-state index contributed by atoms with van der Waals surface area (Å²) in [6, 6.07) is 5.63. The molecule has 0 spiro atoms. The number of hydrogen-bond acceptors (Lipinski definition) is 6. The van der Waals surface area contributed by atoms with Crippen LogP contribution in [0.4, 0.5) is 11.5 Å². The lowest BCUT2D eigenvalue weighted by molar-refractivity contribution is 0.0912. The van der Waals surface area contributed by atoms with Crippen molar-refractivity contribution in [2.45, 2.75) is 45.1 Å². The third-order valence-electron chi connectivity index (χ3n) is 5.43. The fraction of sp³-hybridized carbons (Fsp3) is 0.364. The van der Waals surface area contributed by atoms with Gasteiger partial charge in [0.1, 0.15) is 5.82 Å². The number of aromatic nitrogens is 3. The quantitative estimate of drug-likeness (QED) is 0.447. The molecule has 3 heterocycles. The van der Waals surface area contributed by atoms with Crippen molar-refractivity contribution in [1.29, 1.82) is 0 Å². The van der Waals surface area contributed by atoms with Crippen LogP contribution in [0.25, 0.3) is 0 Å². The van der Waals surface area contributed by atoms with Crippen LogP contribution in [-0.4, -0.2) is 20.9 Å². The Morgan fingerprint density at radius 3 is 2.61 bits per heavy atom. The van der Waals surface area contributed by atoms with Gasteiger partial charge in [-0.3, -0.25) is 9.78 Å². The molecule has 0 bridgehead atoms. The van der Waals surface area contributed by atoms with Crippen LogP contribution in [-0.2, 0) is 0 Å². The number of halogens is 2. The van der Waals surface area contributed by atoms with Gasteiger partial charge in [-0.2, -0.15) is 0 Å². The number of rotatable bonds is 6. The molecular weight excluding hydrogens is 453 g/mol. The monoisotopic (exact) mass is 477 g/mol. The average Bonchev–Trinajstić information content (AvgIpc) is 3.31. The first-order chi connectivity index (χ1) is 14.6. The normalized spacial score (nSPS) is 15.0. The molecule has 1 fully saturated rings. The summed E-state index contributed by atoms with van der Waals surface area (Å²) in [4.78, 5) is 25.7. The molecule has 3 aromatic rings. The van der Waals surface area contributed by atoms with Gasteiger partial charge in [-0.05, 0) is 49.4 Å². The van der Waals surface area contributed by atoms with Crippen molar-refractivity contribution in [1.82, 2.24) is 20.3 Å². The van der Waals surface area contributed by atoms with Gasteiger partial charge in [0, 0.05) is 23.5 Å². The largest absolute Gasteiger partial charge is 0.343 e. The van der Waals surface area contributed by atoms with Crippen molar-refractivity contribution in [3.05, 3.63) is 63.5 Å². The summed E-state index contributed by atoms with van der Waals surface area (Å²) in [5.74, 6) is 0.782. The zero-order chi connectivity index (χ0) is 20.9. The summed E-state index contributed by atoms with van der Waals surface area (Å²) in [7, 11) is 0. The number of amides is 1. The van der Waals surface area contributed by atoms with E-state index in [-0.39, 0.29) is 24.4 Å². The number of thiazole rings is 1. The molecule has 1 amide bonds. The molecule has 1 atom stereocenters. The van der Waals surface area contributed by atoms with Gasteiger partial charge in [0.15, 0.2) is 5.01 Å². The third-order valence-corrected chi connectivity index (χ3v) is 6.49. The van der Waals surface area contributed by atoms with Gasteiger partial charge in [-0.15, -0.1) is 23.7 Å².